The molecule has 4 aromatic rings. The average Bonchev–Trinajstić information content (AvgIpc) is 3.04. The molecule has 0 unspecified atom stereocenters. The van der Waals surface area contributed by atoms with Gasteiger partial charge in [0.15, 0.2) is 0 Å². The number of benzene rings is 3. The first-order valence-corrected chi connectivity index (χ1v) is 8.43. The molecule has 2 heteroatoms. The molecule has 0 amide bonds. The van der Waals surface area contributed by atoms with Gasteiger partial charge >= 0.3 is 0 Å². The SMILES string of the molecule is CC.Cc1ccc(-n2c(-c3ccccc3)nc3ccccc32)cc1. The quantitative estimate of drug-likeness (QED) is 0.442. The Bertz CT molecular complexity index is 919. The van der Waals surface area contributed by atoms with Gasteiger partial charge in [-0.3, -0.25) is 4.57 Å². The van der Waals surface area contributed by atoms with Crippen molar-refractivity contribution in [3.05, 3.63) is 84.4 Å². The van der Waals surface area contributed by atoms with E-state index in [1.165, 1.54) is 5.56 Å². The molecule has 120 valence electrons. The number of nitrogens with zero attached hydrogens (tertiary/aromatic N) is 2. The molecule has 0 aliphatic rings. The number of aryl methyl sites for hydroxylation is 1. The minimum absolute atomic E-state index is 0.977. The van der Waals surface area contributed by atoms with Crippen molar-refractivity contribution in [2.45, 2.75) is 20.8 Å². The van der Waals surface area contributed by atoms with Crippen LogP contribution in [0.15, 0.2) is 78.9 Å². The standard InChI is InChI=1S/C20H16N2.C2H6/c1-15-11-13-17(14-12-15)22-19-10-6-5-9-18(19)21-20(22)16-7-3-2-4-8-16;1-2/h2-14H,1H3;1-2H3. The number of rotatable bonds is 2. The van der Waals surface area contributed by atoms with Crippen LogP contribution >= 0.6 is 0 Å². The summed E-state index contributed by atoms with van der Waals surface area (Å²) < 4.78 is 2.23. The topological polar surface area (TPSA) is 17.8 Å². The van der Waals surface area contributed by atoms with E-state index < -0.39 is 0 Å². The minimum atomic E-state index is 0.977. The van der Waals surface area contributed by atoms with Gasteiger partial charge in [-0.1, -0.05) is 74.0 Å². The minimum Gasteiger partial charge on any atom is -0.292 e. The second-order valence-electron chi connectivity index (χ2n) is 5.46. The molecule has 0 radical (unpaired) electrons. The van der Waals surface area contributed by atoms with Crippen molar-refractivity contribution in [1.29, 1.82) is 0 Å². The van der Waals surface area contributed by atoms with Crippen LogP contribution in [-0.2, 0) is 0 Å². The lowest BCUT2D eigenvalue weighted by molar-refractivity contribution is 1.10. The van der Waals surface area contributed by atoms with Crippen LogP contribution in [0.3, 0.4) is 0 Å². The van der Waals surface area contributed by atoms with Crippen molar-refractivity contribution in [2.24, 2.45) is 0 Å². The molecule has 24 heavy (non-hydrogen) atoms. The van der Waals surface area contributed by atoms with Gasteiger partial charge < -0.3 is 0 Å². The number of hydrogen-bond donors (Lipinski definition) is 0. The normalized spacial score (nSPS) is 10.3. The average molecular weight is 314 g/mol. The van der Waals surface area contributed by atoms with Crippen LogP contribution in [0.4, 0.5) is 0 Å². The first-order chi connectivity index (χ1) is 11.8. The van der Waals surface area contributed by atoms with E-state index in [4.69, 9.17) is 4.98 Å². The van der Waals surface area contributed by atoms with Gasteiger partial charge in [-0.25, -0.2) is 4.98 Å². The Kier molecular flexibility index (Phi) is 4.76. The van der Waals surface area contributed by atoms with Crippen LogP contribution < -0.4 is 0 Å². The van der Waals surface area contributed by atoms with Gasteiger partial charge in [-0.2, -0.15) is 0 Å². The lowest BCUT2D eigenvalue weighted by atomic mass is 10.2. The van der Waals surface area contributed by atoms with E-state index in [0.717, 1.165) is 28.1 Å². The highest BCUT2D eigenvalue weighted by Gasteiger charge is 2.13. The highest BCUT2D eigenvalue weighted by atomic mass is 15.1. The number of para-hydroxylation sites is 2. The van der Waals surface area contributed by atoms with Gasteiger partial charge in [0, 0.05) is 11.3 Å². The molecular weight excluding hydrogens is 292 g/mol. The van der Waals surface area contributed by atoms with Crippen LogP contribution in [-0.4, -0.2) is 9.55 Å². The Balaban J connectivity index is 0.000000815. The number of fused-ring (bicyclic) bond motifs is 1. The molecule has 3 aromatic carbocycles. The van der Waals surface area contributed by atoms with E-state index in [-0.39, 0.29) is 0 Å². The third kappa shape index (κ3) is 2.95. The first-order valence-electron chi connectivity index (χ1n) is 8.43. The van der Waals surface area contributed by atoms with Crippen LogP contribution in [0.5, 0.6) is 0 Å². The maximum absolute atomic E-state index is 4.84. The summed E-state index contributed by atoms with van der Waals surface area (Å²) in [6, 6.07) is 27.2. The molecule has 0 aliphatic heterocycles. The van der Waals surface area contributed by atoms with Crippen LogP contribution in [0.2, 0.25) is 0 Å². The molecule has 0 aliphatic carbocycles. The molecule has 4 rings (SSSR count). The van der Waals surface area contributed by atoms with Gasteiger partial charge in [-0.15, -0.1) is 0 Å². The van der Waals surface area contributed by atoms with Crippen molar-refractivity contribution in [3.63, 3.8) is 0 Å². The molecule has 0 bridgehead atoms. The summed E-state index contributed by atoms with van der Waals surface area (Å²) in [5, 5.41) is 0. The van der Waals surface area contributed by atoms with Crippen molar-refractivity contribution >= 4 is 11.0 Å². The summed E-state index contributed by atoms with van der Waals surface area (Å²) in [5.74, 6) is 0.977. The van der Waals surface area contributed by atoms with Crippen LogP contribution in [0, 0.1) is 6.92 Å². The van der Waals surface area contributed by atoms with E-state index in [0.29, 0.717) is 0 Å². The van der Waals surface area contributed by atoms with Gasteiger partial charge in [0.05, 0.1) is 11.0 Å². The monoisotopic (exact) mass is 314 g/mol. The molecule has 0 N–H and O–H groups in total. The fraction of sp³-hybridized carbons (Fsp3) is 0.136. The van der Waals surface area contributed by atoms with Crippen molar-refractivity contribution in [2.75, 3.05) is 0 Å². The molecule has 0 fully saturated rings. The van der Waals surface area contributed by atoms with E-state index >= 15 is 0 Å². The number of aromatic nitrogens is 2. The zero-order chi connectivity index (χ0) is 16.9. The second kappa shape index (κ2) is 7.14. The Labute approximate surface area is 143 Å². The first kappa shape index (κ1) is 16.0. The zero-order valence-corrected chi connectivity index (χ0v) is 14.4. The molecule has 0 saturated carbocycles. The molecule has 2 nitrogen and oxygen atoms in total. The smallest absolute Gasteiger partial charge is 0.145 e. The van der Waals surface area contributed by atoms with E-state index in [2.05, 4.69) is 66.1 Å². The predicted octanol–water partition coefficient (Wildman–Crippen LogP) is 6.03. The van der Waals surface area contributed by atoms with Crippen molar-refractivity contribution in [1.82, 2.24) is 9.55 Å². The number of imidazole rings is 1. The zero-order valence-electron chi connectivity index (χ0n) is 14.4. The second-order valence-corrected chi connectivity index (χ2v) is 5.46. The largest absolute Gasteiger partial charge is 0.292 e. The molecule has 1 heterocycles. The maximum atomic E-state index is 4.84. The molecule has 0 saturated heterocycles. The summed E-state index contributed by atoms with van der Waals surface area (Å²) >= 11 is 0. The maximum Gasteiger partial charge on any atom is 0.145 e. The fourth-order valence-electron chi connectivity index (χ4n) is 2.76. The Morgan fingerprint density at radius 2 is 1.33 bits per heavy atom. The Morgan fingerprint density at radius 1 is 0.708 bits per heavy atom. The predicted molar refractivity (Wildman–Crippen MR) is 103 cm³/mol. The van der Waals surface area contributed by atoms with E-state index in [9.17, 15) is 0 Å². The lowest BCUT2D eigenvalue weighted by Crippen LogP contribution is -1.97. The fourth-order valence-corrected chi connectivity index (χ4v) is 2.76. The third-order valence-electron chi connectivity index (χ3n) is 3.88. The van der Waals surface area contributed by atoms with Gasteiger partial charge in [0.25, 0.3) is 0 Å². The summed E-state index contributed by atoms with van der Waals surface area (Å²) in [4.78, 5) is 4.84. The summed E-state index contributed by atoms with van der Waals surface area (Å²) in [6.07, 6.45) is 0. The number of hydrogen-bond acceptors (Lipinski definition) is 1. The van der Waals surface area contributed by atoms with Gasteiger partial charge in [0.2, 0.25) is 0 Å². The highest BCUT2D eigenvalue weighted by molar-refractivity contribution is 5.83. The van der Waals surface area contributed by atoms with E-state index in [1.54, 1.807) is 0 Å². The summed E-state index contributed by atoms with van der Waals surface area (Å²) in [7, 11) is 0. The van der Waals surface area contributed by atoms with Crippen LogP contribution in [0.25, 0.3) is 28.1 Å². The molecular formula is C22H22N2. The molecule has 0 spiro atoms. The van der Waals surface area contributed by atoms with Crippen LogP contribution in [0.1, 0.15) is 19.4 Å². The van der Waals surface area contributed by atoms with Gasteiger partial charge in [-0.05, 0) is 31.2 Å². The third-order valence-corrected chi connectivity index (χ3v) is 3.88. The Morgan fingerprint density at radius 3 is 2.04 bits per heavy atom. The molecule has 1 aromatic heterocycles. The van der Waals surface area contributed by atoms with E-state index in [1.807, 2.05) is 38.1 Å². The van der Waals surface area contributed by atoms with Gasteiger partial charge in [0.1, 0.15) is 5.82 Å². The molecule has 0 atom stereocenters. The summed E-state index contributed by atoms with van der Waals surface area (Å²) in [6.45, 7) is 6.11. The Hall–Kier alpha value is -2.87. The van der Waals surface area contributed by atoms with Crippen molar-refractivity contribution < 1.29 is 0 Å². The summed E-state index contributed by atoms with van der Waals surface area (Å²) in [5.41, 5.74) is 5.67. The van der Waals surface area contributed by atoms with Crippen molar-refractivity contribution in [3.8, 4) is 17.1 Å². The lowest BCUT2D eigenvalue weighted by Gasteiger charge is -2.10. The highest BCUT2D eigenvalue weighted by Crippen LogP contribution is 2.28.